The Morgan fingerprint density at radius 3 is 2.80 bits per heavy atom. The molecular formula is C10H11BrO4. The van der Waals surface area contributed by atoms with E-state index in [1.165, 1.54) is 12.1 Å². The average molecular weight is 275 g/mol. The molecule has 1 aliphatic heterocycles. The van der Waals surface area contributed by atoms with Crippen LogP contribution < -0.4 is 4.74 Å². The first-order valence-electron chi connectivity index (χ1n) is 4.66. The molecule has 2 N–H and O–H groups in total. The molecule has 0 saturated carbocycles. The van der Waals surface area contributed by atoms with Gasteiger partial charge in [-0.2, -0.15) is 0 Å². The molecule has 82 valence electrons. The molecule has 1 heterocycles. The average Bonchev–Trinajstić information content (AvgIpc) is 2.67. The van der Waals surface area contributed by atoms with Crippen molar-refractivity contribution in [2.75, 3.05) is 6.61 Å². The normalized spacial score (nSPS) is 20.5. The van der Waals surface area contributed by atoms with Crippen molar-refractivity contribution < 1.29 is 19.7 Å². The lowest BCUT2D eigenvalue weighted by Gasteiger charge is -2.14. The van der Waals surface area contributed by atoms with Crippen molar-refractivity contribution in [1.82, 2.24) is 0 Å². The van der Waals surface area contributed by atoms with E-state index in [2.05, 4.69) is 15.9 Å². The fourth-order valence-electron chi connectivity index (χ4n) is 1.41. The minimum atomic E-state index is -0.323. The molecule has 5 heteroatoms. The molecule has 0 radical (unpaired) electrons. The predicted molar refractivity (Wildman–Crippen MR) is 57.1 cm³/mol. The van der Waals surface area contributed by atoms with Gasteiger partial charge in [-0.3, -0.25) is 0 Å². The second kappa shape index (κ2) is 4.28. The summed E-state index contributed by atoms with van der Waals surface area (Å²) < 4.78 is 11.1. The first-order chi connectivity index (χ1) is 7.16. The number of halogens is 1. The Morgan fingerprint density at radius 1 is 1.33 bits per heavy atom. The van der Waals surface area contributed by atoms with Crippen LogP contribution in [0.2, 0.25) is 0 Å². The Hall–Kier alpha value is -0.940. The van der Waals surface area contributed by atoms with Crippen LogP contribution in [-0.4, -0.2) is 23.1 Å². The molecule has 4 nitrogen and oxygen atoms in total. The highest BCUT2D eigenvalue weighted by Gasteiger charge is 2.19. The summed E-state index contributed by atoms with van der Waals surface area (Å²) >= 11 is 3.10. The van der Waals surface area contributed by atoms with Gasteiger partial charge in [-0.25, -0.2) is 0 Å². The Morgan fingerprint density at radius 2 is 2.13 bits per heavy atom. The lowest BCUT2D eigenvalue weighted by atomic mass is 10.3. The molecule has 1 fully saturated rings. The summed E-state index contributed by atoms with van der Waals surface area (Å²) in [5, 5.41) is 19.0. The molecule has 1 aliphatic rings. The lowest BCUT2D eigenvalue weighted by molar-refractivity contribution is -0.0403. The maximum absolute atomic E-state index is 9.55. The number of hydrogen-bond acceptors (Lipinski definition) is 4. The Kier molecular flexibility index (Phi) is 3.02. The van der Waals surface area contributed by atoms with E-state index in [0.717, 1.165) is 12.8 Å². The standard InChI is InChI=1S/C10H11BrO4/c11-6-4-8(13)9(5-7(6)12)15-10-2-1-3-14-10/h4-5,10,12-13H,1-3H2. The van der Waals surface area contributed by atoms with Gasteiger partial charge >= 0.3 is 0 Å². The predicted octanol–water partition coefficient (Wildman–Crippen LogP) is 2.38. The van der Waals surface area contributed by atoms with E-state index < -0.39 is 0 Å². The molecule has 1 atom stereocenters. The zero-order valence-corrected chi connectivity index (χ0v) is 9.53. The van der Waals surface area contributed by atoms with Gasteiger partial charge in [0.2, 0.25) is 0 Å². The monoisotopic (exact) mass is 274 g/mol. The van der Waals surface area contributed by atoms with E-state index in [0.29, 0.717) is 11.1 Å². The van der Waals surface area contributed by atoms with Gasteiger partial charge in [-0.1, -0.05) is 0 Å². The van der Waals surface area contributed by atoms with E-state index in [-0.39, 0.29) is 23.5 Å². The zero-order chi connectivity index (χ0) is 10.8. The number of benzene rings is 1. The first-order valence-corrected chi connectivity index (χ1v) is 5.46. The largest absolute Gasteiger partial charge is 0.507 e. The van der Waals surface area contributed by atoms with Crippen LogP contribution in [0.5, 0.6) is 17.2 Å². The second-order valence-electron chi connectivity index (χ2n) is 3.33. The van der Waals surface area contributed by atoms with E-state index >= 15 is 0 Å². The number of phenolic OH excluding ortho intramolecular Hbond substituents is 2. The van der Waals surface area contributed by atoms with Crippen LogP contribution in [0, 0.1) is 0 Å². The molecule has 0 aromatic heterocycles. The number of aromatic hydroxyl groups is 2. The SMILES string of the molecule is Oc1cc(OC2CCCO2)c(O)cc1Br. The van der Waals surface area contributed by atoms with Gasteiger partial charge < -0.3 is 19.7 Å². The summed E-state index contributed by atoms with van der Waals surface area (Å²) in [7, 11) is 0. The van der Waals surface area contributed by atoms with Gasteiger partial charge in [0, 0.05) is 18.6 Å². The van der Waals surface area contributed by atoms with Crippen molar-refractivity contribution in [3.63, 3.8) is 0 Å². The van der Waals surface area contributed by atoms with E-state index in [1.807, 2.05) is 0 Å². The van der Waals surface area contributed by atoms with Crippen LogP contribution in [0.15, 0.2) is 16.6 Å². The highest BCUT2D eigenvalue weighted by atomic mass is 79.9. The first kappa shape index (κ1) is 10.6. The Labute approximate surface area is 95.6 Å². The summed E-state index contributed by atoms with van der Waals surface area (Å²) in [5.74, 6) is 0.249. The number of phenols is 2. The van der Waals surface area contributed by atoms with Crippen LogP contribution in [0.1, 0.15) is 12.8 Å². The van der Waals surface area contributed by atoms with Gasteiger partial charge in [0.05, 0.1) is 11.1 Å². The Balaban J connectivity index is 2.16. The fraction of sp³-hybridized carbons (Fsp3) is 0.400. The summed E-state index contributed by atoms with van der Waals surface area (Å²) in [4.78, 5) is 0. The fourth-order valence-corrected chi connectivity index (χ4v) is 1.74. The van der Waals surface area contributed by atoms with Crippen LogP contribution in [0.25, 0.3) is 0 Å². The van der Waals surface area contributed by atoms with Crippen molar-refractivity contribution >= 4 is 15.9 Å². The number of rotatable bonds is 2. The van der Waals surface area contributed by atoms with Crippen molar-refractivity contribution in [3.05, 3.63) is 16.6 Å². The maximum atomic E-state index is 9.55. The van der Waals surface area contributed by atoms with Gasteiger partial charge in [-0.15, -0.1) is 0 Å². The minimum Gasteiger partial charge on any atom is -0.507 e. The van der Waals surface area contributed by atoms with Gasteiger partial charge in [0.1, 0.15) is 5.75 Å². The summed E-state index contributed by atoms with van der Waals surface area (Å²) in [5.41, 5.74) is 0. The molecule has 0 aliphatic carbocycles. The molecule has 1 aromatic rings. The quantitative estimate of drug-likeness (QED) is 0.813. The topological polar surface area (TPSA) is 58.9 Å². The van der Waals surface area contributed by atoms with Crippen LogP contribution in [-0.2, 0) is 4.74 Å². The van der Waals surface area contributed by atoms with Crippen molar-refractivity contribution in [2.24, 2.45) is 0 Å². The van der Waals surface area contributed by atoms with Crippen LogP contribution in [0.3, 0.4) is 0 Å². The van der Waals surface area contributed by atoms with E-state index in [4.69, 9.17) is 9.47 Å². The van der Waals surface area contributed by atoms with Crippen molar-refractivity contribution in [1.29, 1.82) is 0 Å². The third-order valence-corrected chi connectivity index (χ3v) is 2.81. The maximum Gasteiger partial charge on any atom is 0.200 e. The van der Waals surface area contributed by atoms with E-state index in [1.54, 1.807) is 0 Å². The molecule has 0 amide bonds. The molecule has 1 aromatic carbocycles. The third kappa shape index (κ3) is 2.35. The highest BCUT2D eigenvalue weighted by Crippen LogP contribution is 2.37. The minimum absolute atomic E-state index is 0.0184. The molecule has 1 unspecified atom stereocenters. The summed E-state index contributed by atoms with van der Waals surface area (Å²) in [6.45, 7) is 0.675. The summed E-state index contributed by atoms with van der Waals surface area (Å²) in [6.07, 6.45) is 1.43. The molecule has 0 bridgehead atoms. The lowest BCUT2D eigenvalue weighted by Crippen LogP contribution is -2.13. The molecule has 0 spiro atoms. The number of hydrogen-bond donors (Lipinski definition) is 2. The van der Waals surface area contributed by atoms with Crippen molar-refractivity contribution in [2.45, 2.75) is 19.1 Å². The summed E-state index contributed by atoms with van der Waals surface area (Å²) in [6, 6.07) is 2.75. The number of ether oxygens (including phenoxy) is 2. The zero-order valence-electron chi connectivity index (χ0n) is 7.94. The smallest absolute Gasteiger partial charge is 0.200 e. The van der Waals surface area contributed by atoms with E-state index in [9.17, 15) is 10.2 Å². The van der Waals surface area contributed by atoms with Gasteiger partial charge in [0.15, 0.2) is 17.8 Å². The molecular weight excluding hydrogens is 264 g/mol. The molecule has 15 heavy (non-hydrogen) atoms. The highest BCUT2D eigenvalue weighted by molar-refractivity contribution is 9.10. The van der Waals surface area contributed by atoms with Crippen molar-refractivity contribution in [3.8, 4) is 17.2 Å². The van der Waals surface area contributed by atoms with Crippen LogP contribution in [0.4, 0.5) is 0 Å². The van der Waals surface area contributed by atoms with Crippen LogP contribution >= 0.6 is 15.9 Å². The van der Waals surface area contributed by atoms with Gasteiger partial charge in [0.25, 0.3) is 0 Å². The second-order valence-corrected chi connectivity index (χ2v) is 4.19. The third-order valence-electron chi connectivity index (χ3n) is 2.17. The molecule has 2 rings (SSSR count). The molecule has 1 saturated heterocycles. The Bertz CT molecular complexity index is 361. The van der Waals surface area contributed by atoms with Gasteiger partial charge in [-0.05, 0) is 22.4 Å².